The Labute approximate surface area is 126 Å². The van der Waals surface area contributed by atoms with Gasteiger partial charge in [0.25, 0.3) is 0 Å². The van der Waals surface area contributed by atoms with E-state index >= 15 is 0 Å². The summed E-state index contributed by atoms with van der Waals surface area (Å²) in [6.07, 6.45) is 1.39. The minimum absolute atomic E-state index is 0.157. The van der Waals surface area contributed by atoms with Crippen LogP contribution in [-0.4, -0.2) is 5.78 Å². The molecule has 1 aromatic heterocycles. The van der Waals surface area contributed by atoms with E-state index in [2.05, 4.69) is 0 Å². The van der Waals surface area contributed by atoms with Gasteiger partial charge in [-0.05, 0) is 23.8 Å². The number of carbonyl (C=O) groups excluding carboxylic acids is 1. The lowest BCUT2D eigenvalue weighted by molar-refractivity contribution is 0.0930. The van der Waals surface area contributed by atoms with Crippen LogP contribution in [-0.2, 0) is 0 Å². The van der Waals surface area contributed by atoms with Crippen molar-refractivity contribution < 1.29 is 9.21 Å². The summed E-state index contributed by atoms with van der Waals surface area (Å²) in [4.78, 5) is 12.5. The molecule has 5 heteroatoms. The Balaban J connectivity index is 2.05. The van der Waals surface area contributed by atoms with Crippen LogP contribution in [0.1, 0.15) is 22.0 Å². The summed E-state index contributed by atoms with van der Waals surface area (Å²) in [7, 11) is 0. The maximum Gasteiger partial charge on any atom is 0.204 e. The normalized spacial score (nSPS) is 22.0. The molecular formula is C16H9ClN2O2. The molecule has 2 aromatic rings. The molecule has 21 heavy (non-hydrogen) atoms. The fourth-order valence-corrected chi connectivity index (χ4v) is 3.03. The Kier molecular flexibility index (Phi) is 3.05. The van der Waals surface area contributed by atoms with Crippen LogP contribution in [0.2, 0.25) is 5.02 Å². The molecule has 0 N–H and O–H groups in total. The lowest BCUT2D eigenvalue weighted by Crippen LogP contribution is -2.07. The molecule has 0 saturated heterocycles. The zero-order valence-electron chi connectivity index (χ0n) is 10.8. The number of ketones is 1. The van der Waals surface area contributed by atoms with E-state index in [0.717, 1.165) is 0 Å². The molecule has 1 heterocycles. The largest absolute Gasteiger partial charge is 0.461 e. The number of furan rings is 1. The van der Waals surface area contributed by atoms with Crippen LogP contribution in [0.15, 0.2) is 47.1 Å². The van der Waals surface area contributed by atoms with E-state index in [-0.39, 0.29) is 11.5 Å². The highest BCUT2D eigenvalue weighted by atomic mass is 35.5. The van der Waals surface area contributed by atoms with Crippen LogP contribution in [0.3, 0.4) is 0 Å². The van der Waals surface area contributed by atoms with Gasteiger partial charge in [0.1, 0.15) is 0 Å². The van der Waals surface area contributed by atoms with Gasteiger partial charge in [-0.2, -0.15) is 10.5 Å². The molecule has 3 rings (SSSR count). The molecule has 0 aliphatic heterocycles. The van der Waals surface area contributed by atoms with Gasteiger partial charge in [-0.25, -0.2) is 0 Å². The summed E-state index contributed by atoms with van der Waals surface area (Å²) in [5, 5.41) is 19.2. The number of benzene rings is 1. The van der Waals surface area contributed by atoms with Crippen LogP contribution in [0.25, 0.3) is 0 Å². The van der Waals surface area contributed by atoms with Crippen molar-refractivity contribution in [1.82, 2.24) is 0 Å². The van der Waals surface area contributed by atoms with Crippen LogP contribution in [0, 0.1) is 34.0 Å². The monoisotopic (exact) mass is 296 g/mol. The maximum absolute atomic E-state index is 12.5. The number of carbonyl (C=O) groups is 1. The van der Waals surface area contributed by atoms with Crippen molar-refractivity contribution in [2.45, 2.75) is 5.92 Å². The zero-order chi connectivity index (χ0) is 15.0. The molecule has 1 aliphatic carbocycles. The van der Waals surface area contributed by atoms with Crippen molar-refractivity contribution in [2.24, 2.45) is 11.3 Å². The first kappa shape index (κ1) is 13.4. The average molecular weight is 297 g/mol. The summed E-state index contributed by atoms with van der Waals surface area (Å²) in [6, 6.07) is 14.1. The standard InChI is InChI=1S/C16H9ClN2O2/c17-11-5-2-1-4-10(11)13-14(16(13,8-18)9-19)15(20)12-6-3-7-21-12/h1-7,13-14H. The highest BCUT2D eigenvalue weighted by molar-refractivity contribution is 6.31. The number of halogens is 1. The molecule has 1 aliphatic rings. The van der Waals surface area contributed by atoms with Gasteiger partial charge >= 0.3 is 0 Å². The molecular weight excluding hydrogens is 288 g/mol. The molecule has 1 aromatic carbocycles. The van der Waals surface area contributed by atoms with Gasteiger partial charge in [-0.3, -0.25) is 4.79 Å². The van der Waals surface area contributed by atoms with E-state index in [1.54, 1.807) is 30.3 Å². The molecule has 2 unspecified atom stereocenters. The zero-order valence-corrected chi connectivity index (χ0v) is 11.5. The number of Topliss-reactive ketones (excluding diaryl/α,β-unsaturated/α-hetero) is 1. The summed E-state index contributed by atoms with van der Waals surface area (Å²) in [5.74, 6) is -1.46. The lowest BCUT2D eigenvalue weighted by atomic mass is 10.0. The summed E-state index contributed by atoms with van der Waals surface area (Å²) in [5.41, 5.74) is -0.735. The number of rotatable bonds is 3. The Bertz CT molecular complexity index is 769. The topological polar surface area (TPSA) is 77.8 Å². The van der Waals surface area contributed by atoms with Gasteiger partial charge in [-0.15, -0.1) is 0 Å². The second-order valence-electron chi connectivity index (χ2n) is 4.91. The number of nitrogens with zero attached hydrogens (tertiary/aromatic N) is 2. The van der Waals surface area contributed by atoms with Crippen molar-refractivity contribution in [3.8, 4) is 12.1 Å². The lowest BCUT2D eigenvalue weighted by Gasteiger charge is -2.02. The van der Waals surface area contributed by atoms with E-state index in [0.29, 0.717) is 10.6 Å². The minimum Gasteiger partial charge on any atom is -0.461 e. The van der Waals surface area contributed by atoms with Gasteiger partial charge in [0.2, 0.25) is 5.78 Å². The smallest absolute Gasteiger partial charge is 0.204 e. The Morgan fingerprint density at radius 1 is 1.19 bits per heavy atom. The fourth-order valence-electron chi connectivity index (χ4n) is 2.77. The molecule has 1 fully saturated rings. The predicted molar refractivity (Wildman–Crippen MR) is 74.4 cm³/mol. The molecule has 0 amide bonds. The van der Waals surface area contributed by atoms with Gasteiger partial charge in [0, 0.05) is 10.9 Å². The van der Waals surface area contributed by atoms with E-state index in [1.165, 1.54) is 12.3 Å². The van der Waals surface area contributed by atoms with E-state index in [9.17, 15) is 15.3 Å². The average Bonchev–Trinajstić information content (AvgIpc) is 2.86. The van der Waals surface area contributed by atoms with Gasteiger partial charge in [-0.1, -0.05) is 29.8 Å². The maximum atomic E-state index is 12.5. The minimum atomic E-state index is -1.38. The van der Waals surface area contributed by atoms with Crippen LogP contribution in [0.4, 0.5) is 0 Å². The molecule has 102 valence electrons. The van der Waals surface area contributed by atoms with Gasteiger partial charge in [0.15, 0.2) is 11.2 Å². The molecule has 4 nitrogen and oxygen atoms in total. The molecule has 0 radical (unpaired) electrons. The van der Waals surface area contributed by atoms with Crippen LogP contribution in [0.5, 0.6) is 0 Å². The number of hydrogen-bond acceptors (Lipinski definition) is 4. The Hall–Kier alpha value is -2.56. The third-order valence-corrected chi connectivity index (χ3v) is 4.21. The summed E-state index contributed by atoms with van der Waals surface area (Å²) in [6.45, 7) is 0. The van der Waals surface area contributed by atoms with Gasteiger partial charge < -0.3 is 4.42 Å². The van der Waals surface area contributed by atoms with Crippen LogP contribution >= 0.6 is 11.6 Å². The first-order chi connectivity index (χ1) is 10.2. The quantitative estimate of drug-likeness (QED) is 0.811. The van der Waals surface area contributed by atoms with Crippen molar-refractivity contribution >= 4 is 17.4 Å². The first-order valence-corrected chi connectivity index (χ1v) is 6.68. The van der Waals surface area contributed by atoms with E-state index in [1.807, 2.05) is 12.1 Å². The molecule has 2 atom stereocenters. The molecule has 0 spiro atoms. The highest BCUT2D eigenvalue weighted by Crippen LogP contribution is 2.66. The van der Waals surface area contributed by atoms with E-state index < -0.39 is 17.3 Å². The van der Waals surface area contributed by atoms with Gasteiger partial charge in [0.05, 0.1) is 24.3 Å². The number of hydrogen-bond donors (Lipinski definition) is 0. The second-order valence-corrected chi connectivity index (χ2v) is 5.32. The predicted octanol–water partition coefficient (Wildman–Crippen LogP) is 3.56. The second kappa shape index (κ2) is 4.77. The van der Waals surface area contributed by atoms with Crippen LogP contribution < -0.4 is 0 Å². The number of nitriles is 2. The fraction of sp³-hybridized carbons (Fsp3) is 0.188. The summed E-state index contributed by atoms with van der Waals surface area (Å²) < 4.78 is 5.09. The summed E-state index contributed by atoms with van der Waals surface area (Å²) >= 11 is 6.14. The van der Waals surface area contributed by atoms with Crippen molar-refractivity contribution in [3.05, 3.63) is 59.0 Å². The van der Waals surface area contributed by atoms with E-state index in [4.69, 9.17) is 16.0 Å². The van der Waals surface area contributed by atoms with Crippen molar-refractivity contribution in [3.63, 3.8) is 0 Å². The SMILES string of the molecule is N#CC1(C#N)C(C(=O)c2ccco2)C1c1ccccc1Cl. The Morgan fingerprint density at radius 2 is 1.90 bits per heavy atom. The third kappa shape index (κ3) is 1.85. The third-order valence-electron chi connectivity index (χ3n) is 3.86. The van der Waals surface area contributed by atoms with Crippen molar-refractivity contribution in [2.75, 3.05) is 0 Å². The van der Waals surface area contributed by atoms with Crippen molar-refractivity contribution in [1.29, 1.82) is 10.5 Å². The first-order valence-electron chi connectivity index (χ1n) is 6.30. The molecule has 1 saturated carbocycles. The Morgan fingerprint density at radius 3 is 2.48 bits per heavy atom. The molecule has 0 bridgehead atoms. The highest BCUT2D eigenvalue weighted by Gasteiger charge is 2.71.